The second-order valence-corrected chi connectivity index (χ2v) is 7.84. The number of ether oxygens (including phenoxy) is 2. The van der Waals surface area contributed by atoms with Gasteiger partial charge in [-0.1, -0.05) is 50.2 Å². The maximum absolute atomic E-state index is 6.09. The molecule has 0 radical (unpaired) electrons. The van der Waals surface area contributed by atoms with Crippen LogP contribution in [0.25, 0.3) is 0 Å². The number of hydrogen-bond acceptors (Lipinski definition) is 4. The highest BCUT2D eigenvalue weighted by Gasteiger charge is 2.24. The van der Waals surface area contributed by atoms with Gasteiger partial charge in [0.1, 0.15) is 6.61 Å². The van der Waals surface area contributed by atoms with E-state index >= 15 is 0 Å². The Hall–Kier alpha value is -1.46. The van der Waals surface area contributed by atoms with Crippen LogP contribution in [-0.2, 0) is 6.61 Å². The first-order chi connectivity index (χ1) is 13.7. The zero-order chi connectivity index (χ0) is 19.8. The molecule has 1 aliphatic heterocycles. The molecule has 0 saturated carbocycles. The molecule has 3 rings (SSSR count). The number of piperazine rings is 1. The third-order valence-corrected chi connectivity index (χ3v) is 5.18. The molecule has 1 N–H and O–H groups in total. The molecule has 0 aromatic heterocycles. The van der Waals surface area contributed by atoms with Crippen LogP contribution in [0.15, 0.2) is 48.5 Å². The van der Waals surface area contributed by atoms with Crippen molar-refractivity contribution in [3.8, 4) is 11.5 Å². The van der Waals surface area contributed by atoms with Gasteiger partial charge in [0, 0.05) is 32.2 Å². The molecule has 0 aliphatic carbocycles. The SMILES string of the molecule is CCOc1cc([C@@H](CC(C)C)N2CCNCC2)ccc1OCc1ccccc1.Cl.Cl. The molecule has 1 heterocycles. The zero-order valence-corrected chi connectivity index (χ0v) is 19.9. The molecule has 0 unspecified atom stereocenters. The van der Waals surface area contributed by atoms with Crippen LogP contribution in [0.3, 0.4) is 0 Å². The molecule has 2 aromatic carbocycles. The van der Waals surface area contributed by atoms with Crippen LogP contribution in [-0.4, -0.2) is 37.7 Å². The van der Waals surface area contributed by atoms with Gasteiger partial charge in [-0.25, -0.2) is 0 Å². The lowest BCUT2D eigenvalue weighted by Crippen LogP contribution is -2.45. The van der Waals surface area contributed by atoms with E-state index in [1.807, 2.05) is 25.1 Å². The fraction of sp³-hybridized carbons (Fsp3) is 0.500. The van der Waals surface area contributed by atoms with Gasteiger partial charge >= 0.3 is 0 Å². The molecule has 0 spiro atoms. The highest BCUT2D eigenvalue weighted by Crippen LogP contribution is 2.35. The number of benzene rings is 2. The lowest BCUT2D eigenvalue weighted by molar-refractivity contribution is 0.153. The number of nitrogens with zero attached hydrogens (tertiary/aromatic N) is 1. The van der Waals surface area contributed by atoms with Crippen LogP contribution < -0.4 is 14.8 Å². The van der Waals surface area contributed by atoms with E-state index in [0.29, 0.717) is 25.2 Å². The Morgan fingerprint density at radius 2 is 1.63 bits per heavy atom. The van der Waals surface area contributed by atoms with Crippen molar-refractivity contribution in [3.05, 3.63) is 59.7 Å². The van der Waals surface area contributed by atoms with E-state index in [1.165, 1.54) is 5.56 Å². The number of hydrogen-bond donors (Lipinski definition) is 1. The molecule has 6 heteroatoms. The van der Waals surface area contributed by atoms with E-state index in [4.69, 9.17) is 9.47 Å². The van der Waals surface area contributed by atoms with Gasteiger partial charge < -0.3 is 14.8 Å². The Balaban J connectivity index is 0.00000225. The van der Waals surface area contributed by atoms with Crippen molar-refractivity contribution >= 4 is 24.8 Å². The Morgan fingerprint density at radius 1 is 0.933 bits per heavy atom. The summed E-state index contributed by atoms with van der Waals surface area (Å²) in [6, 6.07) is 17.2. The van der Waals surface area contributed by atoms with Crippen molar-refractivity contribution in [1.29, 1.82) is 0 Å². The van der Waals surface area contributed by atoms with Gasteiger partial charge in [0.25, 0.3) is 0 Å². The first kappa shape index (κ1) is 26.6. The molecule has 168 valence electrons. The molecular formula is C24H36Cl2N2O2. The molecule has 0 bridgehead atoms. The summed E-state index contributed by atoms with van der Waals surface area (Å²) >= 11 is 0. The van der Waals surface area contributed by atoms with Crippen LogP contribution in [0.5, 0.6) is 11.5 Å². The van der Waals surface area contributed by atoms with Crippen molar-refractivity contribution < 1.29 is 9.47 Å². The largest absolute Gasteiger partial charge is 0.490 e. The summed E-state index contributed by atoms with van der Waals surface area (Å²) < 4.78 is 12.0. The van der Waals surface area contributed by atoms with E-state index in [9.17, 15) is 0 Å². The van der Waals surface area contributed by atoms with E-state index in [2.05, 4.69) is 54.4 Å². The fourth-order valence-corrected chi connectivity index (χ4v) is 3.79. The quantitative estimate of drug-likeness (QED) is 0.542. The number of rotatable bonds is 9. The Labute approximate surface area is 194 Å². The first-order valence-corrected chi connectivity index (χ1v) is 10.6. The molecule has 0 amide bonds. The van der Waals surface area contributed by atoms with Crippen LogP contribution in [0.1, 0.15) is 44.4 Å². The standard InChI is InChI=1S/C24H34N2O2.2ClH/c1-4-27-24-17-21(22(16-19(2)3)26-14-12-25-13-15-26)10-11-23(24)28-18-20-8-6-5-7-9-20;;/h5-11,17,19,22,25H,4,12-16,18H2,1-3H3;2*1H/t22-;;/m1../s1. The normalized spacial score (nSPS) is 15.1. The van der Waals surface area contributed by atoms with Gasteiger partial charge in [0.05, 0.1) is 6.61 Å². The van der Waals surface area contributed by atoms with Crippen LogP contribution >= 0.6 is 24.8 Å². The van der Waals surface area contributed by atoms with Gasteiger partial charge in [-0.15, -0.1) is 24.8 Å². The summed E-state index contributed by atoms with van der Waals surface area (Å²) in [5.41, 5.74) is 2.48. The van der Waals surface area contributed by atoms with E-state index < -0.39 is 0 Å². The minimum absolute atomic E-state index is 0. The number of nitrogens with one attached hydrogen (secondary N) is 1. The van der Waals surface area contributed by atoms with E-state index in [-0.39, 0.29) is 24.8 Å². The second-order valence-electron chi connectivity index (χ2n) is 7.84. The lowest BCUT2D eigenvalue weighted by atomic mass is 9.94. The van der Waals surface area contributed by atoms with Crippen molar-refractivity contribution in [2.24, 2.45) is 5.92 Å². The zero-order valence-electron chi connectivity index (χ0n) is 18.3. The minimum Gasteiger partial charge on any atom is -0.490 e. The van der Waals surface area contributed by atoms with E-state index in [1.54, 1.807) is 0 Å². The van der Waals surface area contributed by atoms with Crippen LogP contribution in [0.4, 0.5) is 0 Å². The lowest BCUT2D eigenvalue weighted by Gasteiger charge is -2.36. The monoisotopic (exact) mass is 454 g/mol. The predicted octanol–water partition coefficient (Wildman–Crippen LogP) is 5.50. The predicted molar refractivity (Wildman–Crippen MR) is 130 cm³/mol. The third kappa shape index (κ3) is 7.66. The summed E-state index contributed by atoms with van der Waals surface area (Å²) in [7, 11) is 0. The van der Waals surface area contributed by atoms with Gasteiger partial charge in [0.15, 0.2) is 11.5 Å². The molecule has 1 fully saturated rings. The molecular weight excluding hydrogens is 419 g/mol. The van der Waals surface area contributed by atoms with E-state index in [0.717, 1.165) is 49.7 Å². The molecule has 30 heavy (non-hydrogen) atoms. The smallest absolute Gasteiger partial charge is 0.161 e. The molecule has 1 aliphatic rings. The van der Waals surface area contributed by atoms with Crippen molar-refractivity contribution in [1.82, 2.24) is 10.2 Å². The minimum atomic E-state index is 0. The highest BCUT2D eigenvalue weighted by atomic mass is 35.5. The van der Waals surface area contributed by atoms with Gasteiger partial charge in [-0.05, 0) is 42.5 Å². The van der Waals surface area contributed by atoms with Crippen molar-refractivity contribution in [2.75, 3.05) is 32.8 Å². The summed E-state index contributed by atoms with van der Waals surface area (Å²) in [6.07, 6.45) is 1.15. The third-order valence-electron chi connectivity index (χ3n) is 5.18. The topological polar surface area (TPSA) is 33.7 Å². The van der Waals surface area contributed by atoms with Gasteiger partial charge in [0.2, 0.25) is 0 Å². The van der Waals surface area contributed by atoms with Gasteiger partial charge in [-0.3, -0.25) is 4.90 Å². The van der Waals surface area contributed by atoms with Gasteiger partial charge in [-0.2, -0.15) is 0 Å². The maximum atomic E-state index is 6.09. The van der Waals surface area contributed by atoms with Crippen LogP contribution in [0, 0.1) is 5.92 Å². The Bertz CT molecular complexity index is 722. The average molecular weight is 455 g/mol. The molecule has 1 atom stereocenters. The first-order valence-electron chi connectivity index (χ1n) is 10.6. The molecule has 4 nitrogen and oxygen atoms in total. The molecule has 2 aromatic rings. The Morgan fingerprint density at radius 3 is 2.27 bits per heavy atom. The van der Waals surface area contributed by atoms with Crippen LogP contribution in [0.2, 0.25) is 0 Å². The highest BCUT2D eigenvalue weighted by molar-refractivity contribution is 5.85. The number of halogens is 2. The Kier molecular flexibility index (Phi) is 12.2. The summed E-state index contributed by atoms with van der Waals surface area (Å²) in [5.74, 6) is 2.31. The van der Waals surface area contributed by atoms with Crippen molar-refractivity contribution in [2.45, 2.75) is 39.8 Å². The summed E-state index contributed by atoms with van der Waals surface area (Å²) in [4.78, 5) is 2.60. The average Bonchev–Trinajstić information content (AvgIpc) is 2.72. The fourth-order valence-electron chi connectivity index (χ4n) is 3.79. The summed E-state index contributed by atoms with van der Waals surface area (Å²) in [6.45, 7) is 12.1. The molecule has 1 saturated heterocycles. The second kappa shape index (κ2) is 13.8. The maximum Gasteiger partial charge on any atom is 0.161 e. The summed E-state index contributed by atoms with van der Waals surface area (Å²) in [5, 5.41) is 3.46. The van der Waals surface area contributed by atoms with Crippen molar-refractivity contribution in [3.63, 3.8) is 0 Å².